The van der Waals surface area contributed by atoms with E-state index in [2.05, 4.69) is 32.8 Å². The first kappa shape index (κ1) is 24.8. The number of nitrogens with zero attached hydrogens (tertiary/aromatic N) is 3. The topological polar surface area (TPSA) is 42.3 Å². The third kappa shape index (κ3) is 4.77. The zero-order valence-electron chi connectivity index (χ0n) is 21.6. The fraction of sp³-hybridized carbons (Fsp3) is 0.125. The van der Waals surface area contributed by atoms with Gasteiger partial charge in [0.15, 0.2) is 5.11 Å². The van der Waals surface area contributed by atoms with Crippen molar-refractivity contribution in [3.05, 3.63) is 138 Å². The van der Waals surface area contributed by atoms with Gasteiger partial charge in [0.2, 0.25) is 0 Å². The third-order valence-electron chi connectivity index (χ3n) is 7.05. The van der Waals surface area contributed by atoms with Crippen LogP contribution in [0.1, 0.15) is 34.7 Å². The van der Waals surface area contributed by atoms with E-state index in [-0.39, 0.29) is 17.9 Å². The van der Waals surface area contributed by atoms with Crippen molar-refractivity contribution < 1.29 is 9.13 Å². The van der Waals surface area contributed by atoms with Crippen molar-refractivity contribution >= 4 is 23.0 Å². The second-order valence-corrected chi connectivity index (χ2v) is 9.93. The Morgan fingerprint density at radius 3 is 2.28 bits per heavy atom. The van der Waals surface area contributed by atoms with E-state index in [1.807, 2.05) is 85.8 Å². The summed E-state index contributed by atoms with van der Waals surface area (Å²) in [5.41, 5.74) is 5.73. The fourth-order valence-corrected chi connectivity index (χ4v) is 5.69. The van der Waals surface area contributed by atoms with Crippen LogP contribution in [0.5, 0.6) is 11.5 Å². The molecule has 39 heavy (non-hydrogen) atoms. The molecule has 5 aromatic rings. The van der Waals surface area contributed by atoms with E-state index in [0.717, 1.165) is 45.5 Å². The molecule has 7 heteroatoms. The number of halogens is 1. The summed E-state index contributed by atoms with van der Waals surface area (Å²) in [7, 11) is 0. The summed E-state index contributed by atoms with van der Waals surface area (Å²) >= 11 is 5.91. The Labute approximate surface area is 232 Å². The molecule has 0 aliphatic carbocycles. The van der Waals surface area contributed by atoms with Crippen molar-refractivity contribution in [2.75, 3.05) is 4.90 Å². The number of ether oxygens (including phenoxy) is 1. The first-order valence-electron chi connectivity index (χ1n) is 12.8. The average Bonchev–Trinajstić information content (AvgIpc) is 3.45. The van der Waals surface area contributed by atoms with Crippen LogP contribution in [0.25, 0.3) is 5.69 Å². The van der Waals surface area contributed by atoms with E-state index in [4.69, 9.17) is 17.0 Å². The van der Waals surface area contributed by atoms with E-state index < -0.39 is 0 Å². The summed E-state index contributed by atoms with van der Waals surface area (Å²) in [5, 5.41) is 4.13. The lowest BCUT2D eigenvalue weighted by atomic mass is 9.96. The van der Waals surface area contributed by atoms with Crippen molar-refractivity contribution in [3.63, 3.8) is 0 Å². The number of para-hydroxylation sites is 1. The van der Waals surface area contributed by atoms with E-state index in [0.29, 0.717) is 5.11 Å². The van der Waals surface area contributed by atoms with Crippen LogP contribution in [0.3, 0.4) is 0 Å². The number of aryl methyl sites for hydroxylation is 1. The Morgan fingerprint density at radius 2 is 1.56 bits per heavy atom. The highest BCUT2D eigenvalue weighted by Crippen LogP contribution is 2.44. The van der Waals surface area contributed by atoms with Gasteiger partial charge in [-0.1, -0.05) is 30.3 Å². The van der Waals surface area contributed by atoms with Crippen molar-refractivity contribution in [2.45, 2.75) is 25.9 Å². The number of thiocarbonyl (C=S) groups is 1. The van der Waals surface area contributed by atoms with Crippen molar-refractivity contribution in [1.29, 1.82) is 0 Å². The molecule has 1 N–H and O–H groups in total. The maximum atomic E-state index is 14.1. The van der Waals surface area contributed by atoms with Crippen molar-refractivity contribution in [1.82, 2.24) is 14.9 Å². The van der Waals surface area contributed by atoms with Crippen LogP contribution in [0.15, 0.2) is 109 Å². The highest BCUT2D eigenvalue weighted by Gasteiger charge is 2.42. The molecule has 1 fully saturated rings. The molecular weight excluding hydrogens is 507 g/mol. The highest BCUT2D eigenvalue weighted by atomic mass is 32.1. The minimum Gasteiger partial charge on any atom is -0.457 e. The van der Waals surface area contributed by atoms with Gasteiger partial charge in [0.05, 0.1) is 17.8 Å². The molecule has 2 unspecified atom stereocenters. The second-order valence-electron chi connectivity index (χ2n) is 9.55. The Morgan fingerprint density at radius 1 is 0.821 bits per heavy atom. The molecule has 2 aromatic heterocycles. The summed E-state index contributed by atoms with van der Waals surface area (Å²) < 4.78 is 22.2. The van der Waals surface area contributed by atoms with Gasteiger partial charge in [-0.2, -0.15) is 0 Å². The van der Waals surface area contributed by atoms with Crippen LogP contribution in [-0.2, 0) is 0 Å². The molecule has 1 aliphatic heterocycles. The number of hydrogen-bond donors (Lipinski definition) is 1. The minimum absolute atomic E-state index is 0.179. The van der Waals surface area contributed by atoms with E-state index >= 15 is 0 Å². The first-order valence-corrected chi connectivity index (χ1v) is 13.2. The summed E-state index contributed by atoms with van der Waals surface area (Å²) in [4.78, 5) is 6.80. The van der Waals surface area contributed by atoms with Gasteiger partial charge in [0.1, 0.15) is 17.3 Å². The Hall–Kier alpha value is -4.49. The smallest absolute Gasteiger partial charge is 0.174 e. The van der Waals surface area contributed by atoms with Gasteiger partial charge in [-0.25, -0.2) is 4.39 Å². The monoisotopic (exact) mass is 534 g/mol. The number of anilines is 1. The molecule has 2 atom stereocenters. The van der Waals surface area contributed by atoms with Gasteiger partial charge in [-0.3, -0.25) is 4.98 Å². The van der Waals surface area contributed by atoms with E-state index in [1.165, 1.54) is 6.07 Å². The molecule has 1 saturated heterocycles. The summed E-state index contributed by atoms with van der Waals surface area (Å²) in [6.07, 6.45) is 1.80. The summed E-state index contributed by atoms with van der Waals surface area (Å²) in [5.74, 6) is 1.25. The predicted octanol–water partition coefficient (Wildman–Crippen LogP) is 7.60. The quantitative estimate of drug-likeness (QED) is 0.227. The highest BCUT2D eigenvalue weighted by molar-refractivity contribution is 7.80. The standard InChI is InChI=1S/C32H27FN4OS/c1-21-19-28(22(2)36(21)25-10-8-9-23(33)20-25)31-30(29-13-6-7-18-34-29)35-32(39)37(31)24-14-16-27(17-15-24)38-26-11-4-3-5-12-26/h3-20,30-31H,1-2H3,(H,35,39). The van der Waals surface area contributed by atoms with Crippen LogP contribution < -0.4 is 15.0 Å². The number of pyridine rings is 1. The lowest BCUT2D eigenvalue weighted by molar-refractivity contribution is 0.482. The van der Waals surface area contributed by atoms with Crippen LogP contribution in [0.4, 0.5) is 10.1 Å². The minimum atomic E-state index is -0.268. The maximum absolute atomic E-state index is 14.1. The molecule has 3 aromatic carbocycles. The number of nitrogens with one attached hydrogen (secondary N) is 1. The zero-order chi connectivity index (χ0) is 26.9. The zero-order valence-corrected chi connectivity index (χ0v) is 22.4. The molecule has 6 rings (SSSR count). The molecule has 0 radical (unpaired) electrons. The number of hydrogen-bond acceptors (Lipinski definition) is 3. The number of aromatic nitrogens is 2. The lowest BCUT2D eigenvalue weighted by Crippen LogP contribution is -2.29. The number of rotatable bonds is 6. The number of benzene rings is 3. The lowest BCUT2D eigenvalue weighted by Gasteiger charge is -2.28. The Balaban J connectivity index is 1.42. The first-order chi connectivity index (χ1) is 19.0. The van der Waals surface area contributed by atoms with Gasteiger partial charge in [0, 0.05) is 29.0 Å². The SMILES string of the molecule is Cc1cc(C2C(c3ccccn3)NC(=S)N2c2ccc(Oc3ccccc3)cc2)c(C)n1-c1cccc(F)c1. The maximum Gasteiger partial charge on any atom is 0.174 e. The predicted molar refractivity (Wildman–Crippen MR) is 156 cm³/mol. The molecule has 0 saturated carbocycles. The molecule has 3 heterocycles. The van der Waals surface area contributed by atoms with Crippen LogP contribution in [0.2, 0.25) is 0 Å². The van der Waals surface area contributed by atoms with Crippen molar-refractivity contribution in [2.24, 2.45) is 0 Å². The molecule has 1 aliphatic rings. The molecule has 0 amide bonds. The molecule has 5 nitrogen and oxygen atoms in total. The average molecular weight is 535 g/mol. The van der Waals surface area contributed by atoms with E-state index in [9.17, 15) is 4.39 Å². The van der Waals surface area contributed by atoms with Gasteiger partial charge in [-0.15, -0.1) is 0 Å². The molecule has 0 bridgehead atoms. The molecular formula is C32H27FN4OS. The molecule has 0 spiro atoms. The van der Waals surface area contributed by atoms with E-state index in [1.54, 1.807) is 18.3 Å². The van der Waals surface area contributed by atoms with Gasteiger partial charge in [0.25, 0.3) is 0 Å². The van der Waals surface area contributed by atoms with Gasteiger partial charge in [-0.05, 0) is 104 Å². The summed E-state index contributed by atoms with van der Waals surface area (Å²) in [6, 6.07) is 32.0. The van der Waals surface area contributed by atoms with Crippen molar-refractivity contribution in [3.8, 4) is 17.2 Å². The largest absolute Gasteiger partial charge is 0.457 e. The fourth-order valence-electron chi connectivity index (χ4n) is 5.35. The molecule has 194 valence electrons. The normalized spacial score (nSPS) is 16.8. The Kier molecular flexibility index (Phi) is 6.59. The van der Waals surface area contributed by atoms with Crippen LogP contribution >= 0.6 is 12.2 Å². The summed E-state index contributed by atoms with van der Waals surface area (Å²) in [6.45, 7) is 4.11. The second kappa shape index (κ2) is 10.3. The van der Waals surface area contributed by atoms with Crippen LogP contribution in [-0.4, -0.2) is 14.7 Å². The van der Waals surface area contributed by atoms with Gasteiger partial charge < -0.3 is 19.5 Å². The van der Waals surface area contributed by atoms with Gasteiger partial charge >= 0.3 is 0 Å². The third-order valence-corrected chi connectivity index (χ3v) is 7.36. The Bertz CT molecular complexity index is 1620. The van der Waals surface area contributed by atoms with Crippen LogP contribution in [0, 0.1) is 19.7 Å².